The fourth-order valence-electron chi connectivity index (χ4n) is 3.09. The lowest BCUT2D eigenvalue weighted by Crippen LogP contribution is -2.51. The molecule has 6 nitrogen and oxygen atoms in total. The Hall–Kier alpha value is -1.30. The smallest absolute Gasteiger partial charge is 0.409 e. The quantitative estimate of drug-likeness (QED) is 0.793. The van der Waals surface area contributed by atoms with E-state index in [1.54, 1.807) is 4.90 Å². The Morgan fingerprint density at radius 2 is 1.41 bits per heavy atom. The first-order valence-corrected chi connectivity index (χ1v) is 8.62. The van der Waals surface area contributed by atoms with Crippen LogP contribution in [0.2, 0.25) is 0 Å². The number of rotatable bonds is 3. The lowest BCUT2D eigenvalue weighted by Gasteiger charge is -2.35. The molecule has 22 heavy (non-hydrogen) atoms. The molecular formula is C16H29N3O3. The van der Waals surface area contributed by atoms with Crippen LogP contribution in [0, 0.1) is 0 Å². The van der Waals surface area contributed by atoms with E-state index in [9.17, 15) is 9.59 Å². The zero-order chi connectivity index (χ0) is 15.8. The topological polar surface area (TPSA) is 53.1 Å². The highest BCUT2D eigenvalue weighted by atomic mass is 16.6. The van der Waals surface area contributed by atoms with Crippen molar-refractivity contribution in [3.05, 3.63) is 0 Å². The van der Waals surface area contributed by atoms with Gasteiger partial charge in [0.1, 0.15) is 0 Å². The van der Waals surface area contributed by atoms with Gasteiger partial charge in [-0.1, -0.05) is 19.3 Å². The summed E-state index contributed by atoms with van der Waals surface area (Å²) in [5.74, 6) is 0.242. The molecule has 2 saturated heterocycles. The molecule has 2 aliphatic rings. The Labute approximate surface area is 133 Å². The first kappa shape index (κ1) is 17.1. The average molecular weight is 311 g/mol. The van der Waals surface area contributed by atoms with Gasteiger partial charge in [0.15, 0.2) is 0 Å². The fourth-order valence-corrected chi connectivity index (χ4v) is 3.09. The maximum Gasteiger partial charge on any atom is 0.409 e. The average Bonchev–Trinajstić information content (AvgIpc) is 2.47. The van der Waals surface area contributed by atoms with Crippen molar-refractivity contribution >= 4 is 12.0 Å². The Kier molecular flexibility index (Phi) is 6.96. The van der Waals surface area contributed by atoms with Crippen molar-refractivity contribution in [1.82, 2.24) is 14.7 Å². The van der Waals surface area contributed by atoms with Gasteiger partial charge in [-0.15, -0.1) is 0 Å². The summed E-state index contributed by atoms with van der Waals surface area (Å²) >= 11 is 0. The Morgan fingerprint density at radius 3 is 2.00 bits per heavy atom. The summed E-state index contributed by atoms with van der Waals surface area (Å²) in [6, 6.07) is 0. The highest BCUT2D eigenvalue weighted by molar-refractivity contribution is 5.78. The first-order chi connectivity index (χ1) is 10.7. The molecule has 0 aromatic heterocycles. The predicted molar refractivity (Wildman–Crippen MR) is 84.7 cm³/mol. The molecule has 0 aromatic carbocycles. The van der Waals surface area contributed by atoms with E-state index < -0.39 is 0 Å². The van der Waals surface area contributed by atoms with Crippen LogP contribution in [0.1, 0.15) is 39.0 Å². The largest absolute Gasteiger partial charge is 0.450 e. The summed E-state index contributed by atoms with van der Waals surface area (Å²) in [5, 5.41) is 0. The highest BCUT2D eigenvalue weighted by Gasteiger charge is 2.24. The normalized spacial score (nSPS) is 21.1. The van der Waals surface area contributed by atoms with Gasteiger partial charge in [0, 0.05) is 39.3 Å². The molecule has 2 fully saturated rings. The molecular weight excluding hydrogens is 282 g/mol. The van der Waals surface area contributed by atoms with Gasteiger partial charge < -0.3 is 14.5 Å². The molecule has 2 aliphatic heterocycles. The lowest BCUT2D eigenvalue weighted by atomic mass is 10.1. The van der Waals surface area contributed by atoms with Crippen LogP contribution in [0.4, 0.5) is 4.79 Å². The van der Waals surface area contributed by atoms with Crippen LogP contribution >= 0.6 is 0 Å². The second-order valence-corrected chi connectivity index (χ2v) is 6.11. The minimum Gasteiger partial charge on any atom is -0.450 e. The van der Waals surface area contributed by atoms with Crippen molar-refractivity contribution in [2.45, 2.75) is 39.0 Å². The van der Waals surface area contributed by atoms with E-state index in [-0.39, 0.29) is 12.0 Å². The molecule has 0 bridgehead atoms. The van der Waals surface area contributed by atoms with Gasteiger partial charge >= 0.3 is 6.09 Å². The zero-order valence-electron chi connectivity index (χ0n) is 13.8. The molecule has 126 valence electrons. The van der Waals surface area contributed by atoms with Crippen LogP contribution in [-0.2, 0) is 9.53 Å². The van der Waals surface area contributed by atoms with Gasteiger partial charge in [-0.25, -0.2) is 4.79 Å². The van der Waals surface area contributed by atoms with Crippen LogP contribution in [0.5, 0.6) is 0 Å². The number of piperazine rings is 1. The van der Waals surface area contributed by atoms with E-state index in [1.807, 2.05) is 11.8 Å². The number of amides is 2. The molecule has 2 rings (SSSR count). The summed E-state index contributed by atoms with van der Waals surface area (Å²) in [4.78, 5) is 30.0. The minimum atomic E-state index is -0.239. The van der Waals surface area contributed by atoms with Crippen LogP contribution in [0.25, 0.3) is 0 Å². The van der Waals surface area contributed by atoms with Crippen LogP contribution in [-0.4, -0.2) is 79.1 Å². The van der Waals surface area contributed by atoms with Gasteiger partial charge in [-0.3, -0.25) is 9.69 Å². The third kappa shape index (κ3) is 5.16. The monoisotopic (exact) mass is 311 g/mol. The molecule has 0 N–H and O–H groups in total. The summed E-state index contributed by atoms with van der Waals surface area (Å²) in [7, 11) is 0. The Morgan fingerprint density at radius 1 is 0.818 bits per heavy atom. The number of ether oxygens (including phenoxy) is 1. The van der Waals surface area contributed by atoms with Crippen LogP contribution in [0.15, 0.2) is 0 Å². The second-order valence-electron chi connectivity index (χ2n) is 6.11. The number of hydrogen-bond acceptors (Lipinski definition) is 4. The number of hydrogen-bond donors (Lipinski definition) is 0. The number of likely N-dealkylation sites (tertiary alicyclic amines) is 1. The number of carbonyl (C=O) groups excluding carboxylic acids is 2. The van der Waals surface area contributed by atoms with Crippen LogP contribution in [0.3, 0.4) is 0 Å². The lowest BCUT2D eigenvalue weighted by molar-refractivity contribution is -0.133. The van der Waals surface area contributed by atoms with Gasteiger partial charge in [0.05, 0.1) is 13.2 Å². The molecule has 0 aliphatic carbocycles. The van der Waals surface area contributed by atoms with Crippen molar-refractivity contribution in [1.29, 1.82) is 0 Å². The van der Waals surface area contributed by atoms with E-state index in [0.29, 0.717) is 26.2 Å². The second kappa shape index (κ2) is 8.98. The third-order valence-corrected chi connectivity index (χ3v) is 4.47. The first-order valence-electron chi connectivity index (χ1n) is 8.62. The van der Waals surface area contributed by atoms with Gasteiger partial charge in [0.2, 0.25) is 5.91 Å². The summed E-state index contributed by atoms with van der Waals surface area (Å²) in [6.45, 7) is 7.30. The Balaban J connectivity index is 1.72. The number of nitrogens with zero attached hydrogens (tertiary/aromatic N) is 3. The molecule has 0 radical (unpaired) electrons. The molecule has 0 spiro atoms. The van der Waals surface area contributed by atoms with E-state index in [1.165, 1.54) is 19.3 Å². The summed E-state index contributed by atoms with van der Waals surface area (Å²) in [5.41, 5.74) is 0. The predicted octanol–water partition coefficient (Wildman–Crippen LogP) is 1.55. The highest BCUT2D eigenvalue weighted by Crippen LogP contribution is 2.11. The maximum absolute atomic E-state index is 12.4. The van der Waals surface area contributed by atoms with E-state index in [0.717, 1.165) is 39.0 Å². The van der Waals surface area contributed by atoms with Crippen molar-refractivity contribution < 1.29 is 14.3 Å². The molecule has 0 unspecified atom stereocenters. The molecule has 2 amide bonds. The van der Waals surface area contributed by atoms with Crippen molar-refractivity contribution in [3.8, 4) is 0 Å². The number of carbonyl (C=O) groups is 2. The van der Waals surface area contributed by atoms with Gasteiger partial charge in [0.25, 0.3) is 0 Å². The Bertz CT molecular complexity index is 360. The SMILES string of the molecule is CCOC(=O)N1CCN(CC(=O)N2CCCCCCC2)CC1. The van der Waals surface area contributed by atoms with Crippen LogP contribution < -0.4 is 0 Å². The van der Waals surface area contributed by atoms with E-state index in [2.05, 4.69) is 4.90 Å². The van der Waals surface area contributed by atoms with Crippen molar-refractivity contribution in [2.24, 2.45) is 0 Å². The van der Waals surface area contributed by atoms with E-state index in [4.69, 9.17) is 4.74 Å². The maximum atomic E-state index is 12.4. The van der Waals surface area contributed by atoms with Crippen molar-refractivity contribution in [3.63, 3.8) is 0 Å². The molecule has 6 heteroatoms. The third-order valence-electron chi connectivity index (χ3n) is 4.47. The summed E-state index contributed by atoms with van der Waals surface area (Å²) in [6.07, 6.45) is 5.80. The standard InChI is InChI=1S/C16H29N3O3/c1-2-22-16(21)19-12-10-17(11-13-19)14-15(20)18-8-6-4-3-5-7-9-18/h2-14H2,1H3. The zero-order valence-corrected chi connectivity index (χ0v) is 13.8. The van der Waals surface area contributed by atoms with Crippen molar-refractivity contribution in [2.75, 3.05) is 52.4 Å². The fraction of sp³-hybridized carbons (Fsp3) is 0.875. The van der Waals surface area contributed by atoms with Gasteiger partial charge in [-0.2, -0.15) is 0 Å². The molecule has 2 heterocycles. The molecule has 0 saturated carbocycles. The molecule has 0 aromatic rings. The van der Waals surface area contributed by atoms with E-state index >= 15 is 0 Å². The minimum absolute atomic E-state index is 0.239. The van der Waals surface area contributed by atoms with Gasteiger partial charge in [-0.05, 0) is 19.8 Å². The summed E-state index contributed by atoms with van der Waals surface area (Å²) < 4.78 is 5.01. The molecule has 0 atom stereocenters.